The van der Waals surface area contributed by atoms with Crippen LogP contribution in [0, 0.1) is 17.8 Å². The van der Waals surface area contributed by atoms with Crippen LogP contribution in [0.2, 0.25) is 0 Å². The van der Waals surface area contributed by atoms with Gasteiger partial charge in [0.25, 0.3) is 0 Å². The Labute approximate surface area is 222 Å². The third-order valence-corrected chi connectivity index (χ3v) is 9.35. The minimum Gasteiger partial charge on any atom is -0.508 e. The van der Waals surface area contributed by atoms with Gasteiger partial charge < -0.3 is 20.4 Å². The summed E-state index contributed by atoms with van der Waals surface area (Å²) in [6, 6.07) is 2.42. The van der Waals surface area contributed by atoms with Gasteiger partial charge in [-0.2, -0.15) is 0 Å². The summed E-state index contributed by atoms with van der Waals surface area (Å²) >= 11 is 0. The van der Waals surface area contributed by atoms with Gasteiger partial charge in [-0.25, -0.2) is 0 Å². The number of hydrogen-bond donors (Lipinski definition) is 4. The predicted molar refractivity (Wildman–Crippen MR) is 141 cm³/mol. The van der Waals surface area contributed by atoms with Crippen LogP contribution in [-0.4, -0.2) is 68.4 Å². The van der Waals surface area contributed by atoms with Gasteiger partial charge in [0.1, 0.15) is 22.8 Å². The van der Waals surface area contributed by atoms with Gasteiger partial charge in [-0.05, 0) is 75.7 Å². The van der Waals surface area contributed by atoms with Crippen molar-refractivity contribution in [2.24, 2.45) is 17.8 Å². The molecule has 0 aromatic heterocycles. The average Bonchev–Trinajstić information content (AvgIpc) is 2.86. The predicted octanol–water partition coefficient (Wildman–Crippen LogP) is 3.58. The van der Waals surface area contributed by atoms with Gasteiger partial charge in [0, 0.05) is 11.5 Å². The fraction of sp³-hybridized carbons (Fsp3) is 0.567. The molecule has 1 aromatic carbocycles. The molecule has 0 saturated heterocycles. The Hall–Kier alpha value is -2.97. The van der Waals surface area contributed by atoms with E-state index >= 15 is 0 Å². The molecule has 1 aromatic rings. The summed E-state index contributed by atoms with van der Waals surface area (Å²) in [6.45, 7) is 1.11. The highest BCUT2D eigenvalue weighted by atomic mass is 16.3. The second-order valence-corrected chi connectivity index (χ2v) is 11.8. The highest BCUT2D eigenvalue weighted by Gasteiger charge is 2.64. The van der Waals surface area contributed by atoms with E-state index < -0.39 is 57.9 Å². The normalized spacial score (nSPS) is 29.9. The number of hydrogen-bond acceptors (Lipinski definition) is 8. The van der Waals surface area contributed by atoms with E-state index in [0.717, 1.165) is 30.9 Å². The maximum atomic E-state index is 13.9. The average molecular weight is 524 g/mol. The van der Waals surface area contributed by atoms with Crippen LogP contribution in [0.15, 0.2) is 29.0 Å². The molecule has 0 amide bonds. The maximum Gasteiger partial charge on any atom is 0.202 e. The van der Waals surface area contributed by atoms with E-state index in [1.807, 2.05) is 6.07 Å². The standard InChI is InChI=1S/C30H37NO7/c1-15(32)22-27(35)25(31(2)3)20-14-18-13-19-17(10-9-16-7-5-4-6-8-16)11-12-21(33)24(19)26(34)23(18)29(37)30(20,38)28(22)36/h11-12,16,18,20,25,33-34,36,38H,4-10,13-14H2,1-3H3/t18-,20-,25-,30+/m0/s1. The first-order valence-corrected chi connectivity index (χ1v) is 13.7. The van der Waals surface area contributed by atoms with Crippen LogP contribution in [0.5, 0.6) is 5.75 Å². The number of phenols is 1. The number of benzene rings is 1. The smallest absolute Gasteiger partial charge is 0.202 e. The number of carbonyl (C=O) groups excluding carboxylic acids is 3. The molecule has 0 spiro atoms. The number of phenolic OH excluding ortho intramolecular Hbond substituents is 1. The number of fused-ring (bicyclic) bond motifs is 3. The second-order valence-electron chi connectivity index (χ2n) is 11.8. The number of ketones is 3. The van der Waals surface area contributed by atoms with Gasteiger partial charge in [-0.15, -0.1) is 0 Å². The van der Waals surface area contributed by atoms with Crippen LogP contribution in [-0.2, 0) is 27.2 Å². The summed E-state index contributed by atoms with van der Waals surface area (Å²) < 4.78 is 0. The summed E-state index contributed by atoms with van der Waals surface area (Å²) in [7, 11) is 3.27. The van der Waals surface area contributed by atoms with E-state index in [1.165, 1.54) is 38.2 Å². The Morgan fingerprint density at radius 1 is 1.08 bits per heavy atom. The van der Waals surface area contributed by atoms with Crippen LogP contribution in [0.4, 0.5) is 0 Å². The summed E-state index contributed by atoms with van der Waals surface area (Å²) in [5.41, 5.74) is -1.18. The van der Waals surface area contributed by atoms with Crippen molar-refractivity contribution >= 4 is 23.1 Å². The fourth-order valence-corrected chi connectivity index (χ4v) is 7.48. The van der Waals surface area contributed by atoms with E-state index in [2.05, 4.69) is 0 Å². The Kier molecular flexibility index (Phi) is 6.76. The van der Waals surface area contributed by atoms with Crippen molar-refractivity contribution in [2.45, 2.75) is 76.4 Å². The first-order valence-electron chi connectivity index (χ1n) is 13.7. The van der Waals surface area contributed by atoms with Crippen LogP contribution in [0.1, 0.15) is 68.6 Å². The van der Waals surface area contributed by atoms with E-state index in [1.54, 1.807) is 19.0 Å². The molecule has 0 unspecified atom stereocenters. The number of aryl methyl sites for hydroxylation is 1. The lowest BCUT2D eigenvalue weighted by molar-refractivity contribution is -0.153. The van der Waals surface area contributed by atoms with Crippen molar-refractivity contribution in [3.63, 3.8) is 0 Å². The number of aromatic hydroxyl groups is 1. The van der Waals surface area contributed by atoms with Gasteiger partial charge >= 0.3 is 0 Å². The SMILES string of the molecule is CC(=O)C1=C(O)[C@@]2(O)C(=O)C3=C(O)c4c(O)ccc(CCC5CCCCC5)c4C[C@H]3C[C@H]2[C@H](N(C)C)C1=O. The maximum absolute atomic E-state index is 13.9. The van der Waals surface area contributed by atoms with Crippen molar-refractivity contribution in [1.29, 1.82) is 0 Å². The number of carbonyl (C=O) groups is 3. The zero-order valence-corrected chi connectivity index (χ0v) is 22.3. The van der Waals surface area contributed by atoms with Crippen LogP contribution in [0.3, 0.4) is 0 Å². The number of nitrogens with zero attached hydrogens (tertiary/aromatic N) is 1. The summed E-state index contributed by atoms with van der Waals surface area (Å²) in [5, 5.41) is 44.9. The van der Waals surface area contributed by atoms with Gasteiger partial charge in [0.15, 0.2) is 17.2 Å². The third-order valence-electron chi connectivity index (χ3n) is 9.35. The Morgan fingerprint density at radius 3 is 2.39 bits per heavy atom. The molecule has 4 N–H and O–H groups in total. The van der Waals surface area contributed by atoms with Crippen LogP contribution < -0.4 is 0 Å². The first kappa shape index (κ1) is 26.6. The summed E-state index contributed by atoms with van der Waals surface area (Å²) in [5.74, 6) is -4.66. The summed E-state index contributed by atoms with van der Waals surface area (Å²) in [6.07, 6.45) is 8.53. The molecule has 4 aliphatic carbocycles. The zero-order valence-electron chi connectivity index (χ0n) is 22.3. The van der Waals surface area contributed by atoms with Gasteiger partial charge in [0.05, 0.1) is 11.6 Å². The van der Waals surface area contributed by atoms with Crippen LogP contribution in [0.25, 0.3) is 5.76 Å². The fourth-order valence-electron chi connectivity index (χ4n) is 7.48. The van der Waals surface area contributed by atoms with Gasteiger partial charge in [0.2, 0.25) is 5.78 Å². The molecular formula is C30H37NO7. The number of aliphatic hydroxyl groups is 3. The molecule has 38 heavy (non-hydrogen) atoms. The zero-order chi connectivity index (χ0) is 27.5. The molecule has 0 aliphatic heterocycles. The molecule has 4 atom stereocenters. The topological polar surface area (TPSA) is 135 Å². The highest BCUT2D eigenvalue weighted by molar-refractivity contribution is 6.25. The largest absolute Gasteiger partial charge is 0.508 e. The molecule has 2 saturated carbocycles. The highest BCUT2D eigenvalue weighted by Crippen LogP contribution is 2.53. The number of Topliss-reactive ketones (excluding diaryl/α,β-unsaturated/α-hetero) is 3. The van der Waals surface area contributed by atoms with Gasteiger partial charge in [-0.1, -0.05) is 38.2 Å². The van der Waals surface area contributed by atoms with E-state index in [4.69, 9.17) is 0 Å². The molecular weight excluding hydrogens is 486 g/mol. The van der Waals surface area contributed by atoms with E-state index in [0.29, 0.717) is 12.3 Å². The van der Waals surface area contributed by atoms with Crippen molar-refractivity contribution in [2.75, 3.05) is 14.1 Å². The molecule has 5 rings (SSSR count). The number of aliphatic hydroxyl groups excluding tert-OH is 2. The number of rotatable bonds is 5. The van der Waals surface area contributed by atoms with E-state index in [9.17, 15) is 34.8 Å². The lowest BCUT2D eigenvalue weighted by Gasteiger charge is -2.50. The molecule has 0 radical (unpaired) electrons. The minimum absolute atomic E-state index is 0.0720. The quantitative estimate of drug-likeness (QED) is 0.430. The first-order chi connectivity index (χ1) is 18.0. The Bertz CT molecular complexity index is 1270. The lowest BCUT2D eigenvalue weighted by atomic mass is 9.57. The second kappa shape index (κ2) is 9.65. The monoisotopic (exact) mass is 523 g/mol. The molecule has 2 fully saturated rings. The van der Waals surface area contributed by atoms with Crippen molar-refractivity contribution < 1.29 is 34.8 Å². The lowest BCUT2D eigenvalue weighted by Crippen LogP contribution is -2.65. The number of likely N-dealkylation sites (N-methyl/N-ethyl adjacent to an activating group) is 1. The van der Waals surface area contributed by atoms with E-state index in [-0.39, 0.29) is 23.3 Å². The molecule has 8 nitrogen and oxygen atoms in total. The van der Waals surface area contributed by atoms with Crippen molar-refractivity contribution in [3.8, 4) is 5.75 Å². The van der Waals surface area contributed by atoms with Gasteiger partial charge in [-0.3, -0.25) is 19.3 Å². The molecule has 4 aliphatic rings. The van der Waals surface area contributed by atoms with Crippen molar-refractivity contribution in [3.05, 3.63) is 45.7 Å². The molecule has 204 valence electrons. The Morgan fingerprint density at radius 2 is 1.76 bits per heavy atom. The molecule has 8 heteroatoms. The molecule has 0 heterocycles. The van der Waals surface area contributed by atoms with Crippen molar-refractivity contribution in [1.82, 2.24) is 4.90 Å². The summed E-state index contributed by atoms with van der Waals surface area (Å²) in [4.78, 5) is 41.1. The Balaban J connectivity index is 1.60. The molecule has 0 bridgehead atoms. The van der Waals surface area contributed by atoms with Crippen LogP contribution >= 0.6 is 0 Å². The minimum atomic E-state index is -2.53. The third kappa shape index (κ3) is 3.92.